The Kier molecular flexibility index (Phi) is 6.97. The summed E-state index contributed by atoms with van der Waals surface area (Å²) in [5.41, 5.74) is 7.70. The van der Waals surface area contributed by atoms with Crippen molar-refractivity contribution >= 4 is 5.91 Å². The first-order valence-corrected chi connectivity index (χ1v) is 6.86. The topological polar surface area (TPSA) is 64.3 Å². The fraction of sp³-hybridized carbons (Fsp3) is 0.533. The Morgan fingerprint density at radius 1 is 1.42 bits per heavy atom. The van der Waals surface area contributed by atoms with Gasteiger partial charge >= 0.3 is 0 Å². The van der Waals surface area contributed by atoms with Crippen molar-refractivity contribution in [3.05, 3.63) is 29.3 Å². The van der Waals surface area contributed by atoms with E-state index in [-0.39, 0.29) is 5.91 Å². The molecule has 4 heteroatoms. The van der Waals surface area contributed by atoms with Gasteiger partial charge in [-0.3, -0.25) is 4.79 Å². The number of ether oxygens (including phenoxy) is 1. The number of benzene rings is 1. The molecule has 1 aromatic carbocycles. The average molecular weight is 264 g/mol. The molecule has 0 fully saturated rings. The van der Waals surface area contributed by atoms with E-state index in [0.29, 0.717) is 26.1 Å². The highest BCUT2D eigenvalue weighted by molar-refractivity contribution is 5.75. The molecular weight excluding hydrogens is 240 g/mol. The molecular formula is C15H24N2O2. The van der Waals surface area contributed by atoms with E-state index >= 15 is 0 Å². The van der Waals surface area contributed by atoms with Gasteiger partial charge in [0.15, 0.2) is 0 Å². The number of nitrogens with one attached hydrogen (secondary N) is 1. The summed E-state index contributed by atoms with van der Waals surface area (Å²) in [4.78, 5) is 11.4. The van der Waals surface area contributed by atoms with E-state index in [1.165, 1.54) is 5.56 Å². The van der Waals surface area contributed by atoms with Gasteiger partial charge < -0.3 is 15.8 Å². The molecule has 0 aliphatic rings. The highest BCUT2D eigenvalue weighted by Gasteiger charge is 2.02. The predicted octanol–water partition coefficient (Wildman–Crippen LogP) is 1.79. The van der Waals surface area contributed by atoms with E-state index < -0.39 is 0 Å². The number of amides is 1. The lowest BCUT2D eigenvalue weighted by atomic mass is 10.1. The zero-order valence-electron chi connectivity index (χ0n) is 11.9. The van der Waals surface area contributed by atoms with Crippen LogP contribution in [0.15, 0.2) is 18.2 Å². The van der Waals surface area contributed by atoms with Gasteiger partial charge in [-0.15, -0.1) is 0 Å². The largest absolute Gasteiger partial charge is 0.494 e. The summed E-state index contributed by atoms with van der Waals surface area (Å²) < 4.78 is 5.50. The monoisotopic (exact) mass is 264 g/mol. The quantitative estimate of drug-likeness (QED) is 0.752. The van der Waals surface area contributed by atoms with E-state index in [4.69, 9.17) is 10.5 Å². The molecule has 19 heavy (non-hydrogen) atoms. The van der Waals surface area contributed by atoms with Gasteiger partial charge in [0.05, 0.1) is 6.61 Å². The van der Waals surface area contributed by atoms with Crippen LogP contribution >= 0.6 is 0 Å². The molecule has 0 heterocycles. The van der Waals surface area contributed by atoms with Crippen LogP contribution in [0.4, 0.5) is 0 Å². The number of carbonyl (C=O) groups is 1. The van der Waals surface area contributed by atoms with Crippen molar-refractivity contribution in [3.8, 4) is 5.75 Å². The summed E-state index contributed by atoms with van der Waals surface area (Å²) in [5.74, 6) is 1.01. The zero-order valence-corrected chi connectivity index (χ0v) is 11.9. The number of aryl methyl sites for hydroxylation is 1. The second-order valence-electron chi connectivity index (χ2n) is 4.53. The minimum absolute atomic E-state index is 0.0770. The van der Waals surface area contributed by atoms with Crippen LogP contribution < -0.4 is 15.8 Å². The van der Waals surface area contributed by atoms with Crippen LogP contribution in [0.2, 0.25) is 0 Å². The second-order valence-corrected chi connectivity index (χ2v) is 4.53. The van der Waals surface area contributed by atoms with Gasteiger partial charge in [-0.2, -0.15) is 0 Å². The summed E-state index contributed by atoms with van der Waals surface area (Å²) in [7, 11) is 0. The van der Waals surface area contributed by atoms with Crippen molar-refractivity contribution in [1.82, 2.24) is 5.32 Å². The molecule has 106 valence electrons. The molecule has 0 aromatic heterocycles. The first-order chi connectivity index (χ1) is 9.17. The predicted molar refractivity (Wildman–Crippen MR) is 77.4 cm³/mol. The molecule has 0 atom stereocenters. The van der Waals surface area contributed by atoms with Crippen molar-refractivity contribution in [3.63, 3.8) is 0 Å². The van der Waals surface area contributed by atoms with Gasteiger partial charge in [0.1, 0.15) is 5.75 Å². The molecule has 1 amide bonds. The minimum Gasteiger partial charge on any atom is -0.494 e. The van der Waals surface area contributed by atoms with Crippen LogP contribution in [0.25, 0.3) is 0 Å². The van der Waals surface area contributed by atoms with E-state index in [1.807, 2.05) is 26.0 Å². The summed E-state index contributed by atoms with van der Waals surface area (Å²) in [6.45, 7) is 5.91. The third-order valence-corrected chi connectivity index (χ3v) is 2.88. The van der Waals surface area contributed by atoms with Crippen LogP contribution in [0, 0.1) is 6.92 Å². The SMILES string of the molecule is CCOc1ccc(CCNC(=O)CCCN)cc1C. The Hall–Kier alpha value is -1.55. The highest BCUT2D eigenvalue weighted by atomic mass is 16.5. The van der Waals surface area contributed by atoms with Crippen LogP contribution in [0.5, 0.6) is 5.75 Å². The van der Waals surface area contributed by atoms with Crippen LogP contribution in [-0.2, 0) is 11.2 Å². The fourth-order valence-corrected chi connectivity index (χ4v) is 1.88. The van der Waals surface area contributed by atoms with Crippen LogP contribution in [0.1, 0.15) is 30.9 Å². The maximum absolute atomic E-state index is 11.4. The Balaban J connectivity index is 2.37. The van der Waals surface area contributed by atoms with Crippen molar-refractivity contribution < 1.29 is 9.53 Å². The van der Waals surface area contributed by atoms with Crippen molar-refractivity contribution in [2.45, 2.75) is 33.1 Å². The number of hydrogen-bond donors (Lipinski definition) is 2. The van der Waals surface area contributed by atoms with Gasteiger partial charge in [0, 0.05) is 13.0 Å². The van der Waals surface area contributed by atoms with Gasteiger partial charge in [-0.1, -0.05) is 12.1 Å². The summed E-state index contributed by atoms with van der Waals surface area (Å²) in [5, 5.41) is 2.90. The number of rotatable bonds is 8. The van der Waals surface area contributed by atoms with Gasteiger partial charge in [0.2, 0.25) is 5.91 Å². The van der Waals surface area contributed by atoms with E-state index in [0.717, 1.165) is 24.2 Å². The van der Waals surface area contributed by atoms with Gasteiger partial charge in [-0.25, -0.2) is 0 Å². The van der Waals surface area contributed by atoms with E-state index in [1.54, 1.807) is 0 Å². The van der Waals surface area contributed by atoms with E-state index in [2.05, 4.69) is 11.4 Å². The van der Waals surface area contributed by atoms with Crippen molar-refractivity contribution in [1.29, 1.82) is 0 Å². The Morgan fingerprint density at radius 3 is 2.84 bits per heavy atom. The van der Waals surface area contributed by atoms with Crippen LogP contribution in [-0.4, -0.2) is 25.6 Å². The maximum Gasteiger partial charge on any atom is 0.220 e. The Morgan fingerprint density at radius 2 is 2.21 bits per heavy atom. The first-order valence-electron chi connectivity index (χ1n) is 6.86. The first kappa shape index (κ1) is 15.5. The number of hydrogen-bond acceptors (Lipinski definition) is 3. The summed E-state index contributed by atoms with van der Waals surface area (Å²) >= 11 is 0. The standard InChI is InChI=1S/C15H24N2O2/c1-3-19-14-7-6-13(11-12(14)2)8-10-17-15(18)5-4-9-16/h6-7,11H,3-5,8-10,16H2,1-2H3,(H,17,18). The third-order valence-electron chi connectivity index (χ3n) is 2.88. The molecule has 0 bridgehead atoms. The maximum atomic E-state index is 11.4. The van der Waals surface area contributed by atoms with Crippen LogP contribution in [0.3, 0.4) is 0 Å². The third kappa shape index (κ3) is 5.75. The molecule has 1 rings (SSSR count). The molecule has 0 unspecified atom stereocenters. The Labute approximate surface area is 115 Å². The van der Waals surface area contributed by atoms with Crippen molar-refractivity contribution in [2.75, 3.05) is 19.7 Å². The zero-order chi connectivity index (χ0) is 14.1. The normalized spacial score (nSPS) is 10.3. The number of carbonyl (C=O) groups excluding carboxylic acids is 1. The molecule has 0 spiro atoms. The molecule has 0 radical (unpaired) electrons. The lowest BCUT2D eigenvalue weighted by Gasteiger charge is -2.09. The minimum atomic E-state index is 0.0770. The second kappa shape index (κ2) is 8.53. The number of nitrogens with two attached hydrogens (primary N) is 1. The molecule has 3 N–H and O–H groups in total. The molecule has 4 nitrogen and oxygen atoms in total. The molecule has 0 aliphatic heterocycles. The highest BCUT2D eigenvalue weighted by Crippen LogP contribution is 2.19. The molecule has 0 saturated carbocycles. The van der Waals surface area contributed by atoms with Crippen molar-refractivity contribution in [2.24, 2.45) is 5.73 Å². The average Bonchev–Trinajstić information content (AvgIpc) is 2.39. The smallest absolute Gasteiger partial charge is 0.220 e. The lowest BCUT2D eigenvalue weighted by molar-refractivity contribution is -0.121. The van der Waals surface area contributed by atoms with Gasteiger partial charge in [-0.05, 0) is 50.4 Å². The van der Waals surface area contributed by atoms with Gasteiger partial charge in [0.25, 0.3) is 0 Å². The van der Waals surface area contributed by atoms with E-state index in [9.17, 15) is 4.79 Å². The summed E-state index contributed by atoms with van der Waals surface area (Å²) in [6, 6.07) is 6.14. The Bertz CT molecular complexity index is 405. The molecule has 1 aromatic rings. The molecule has 0 saturated heterocycles. The lowest BCUT2D eigenvalue weighted by Crippen LogP contribution is -2.26. The molecule has 0 aliphatic carbocycles. The fourth-order valence-electron chi connectivity index (χ4n) is 1.88. The summed E-state index contributed by atoms with van der Waals surface area (Å²) in [6.07, 6.45) is 2.09.